The van der Waals surface area contributed by atoms with E-state index in [1.807, 2.05) is 0 Å². The smallest absolute Gasteiger partial charge is 0.127 e. The van der Waals surface area contributed by atoms with Crippen molar-refractivity contribution in [2.24, 2.45) is 0 Å². The maximum absolute atomic E-state index is 14.0. The number of alkyl halides is 1. The Morgan fingerprint density at radius 2 is 2.24 bits per heavy atom. The molecule has 2 rings (SSSR count). The molecule has 1 heterocycles. The van der Waals surface area contributed by atoms with Crippen LogP contribution in [0.25, 0.3) is 0 Å². The number of nitrogens with one attached hydrogen (secondary N) is 1. The van der Waals surface area contributed by atoms with Gasteiger partial charge in [-0.05, 0) is 37.1 Å². The molecule has 0 aliphatic carbocycles. The van der Waals surface area contributed by atoms with Crippen LogP contribution in [-0.4, -0.2) is 18.8 Å². The normalized spacial score (nSPS) is 22.4. The van der Waals surface area contributed by atoms with Crippen LogP contribution in [-0.2, 0) is 6.42 Å². The maximum Gasteiger partial charge on any atom is 0.127 e. The van der Waals surface area contributed by atoms with E-state index >= 15 is 0 Å². The van der Waals surface area contributed by atoms with E-state index in [4.69, 9.17) is 11.6 Å². The minimum Gasteiger partial charge on any atom is -0.311 e. The number of hydrogen-bond acceptors (Lipinski definition) is 1. The molecule has 2 unspecified atom stereocenters. The predicted molar refractivity (Wildman–Crippen MR) is 65.7 cm³/mol. The second-order valence-electron chi connectivity index (χ2n) is 4.51. The Morgan fingerprint density at radius 3 is 2.88 bits per heavy atom. The Kier molecular flexibility index (Phi) is 4.35. The molecule has 1 nitrogen and oxygen atoms in total. The van der Waals surface area contributed by atoms with E-state index in [0.29, 0.717) is 10.6 Å². The fraction of sp³-hybridized carbons (Fsp3) is 0.538. The third-order valence-corrected chi connectivity index (χ3v) is 3.45. The molecular weight excluding hydrogens is 244 g/mol. The molecule has 1 aromatic rings. The van der Waals surface area contributed by atoms with Crippen LogP contribution in [0.1, 0.15) is 24.8 Å². The molecule has 4 heteroatoms. The van der Waals surface area contributed by atoms with Gasteiger partial charge < -0.3 is 5.32 Å². The van der Waals surface area contributed by atoms with Crippen molar-refractivity contribution in [3.05, 3.63) is 34.6 Å². The van der Waals surface area contributed by atoms with E-state index in [9.17, 15) is 8.78 Å². The standard InChI is InChI=1S/C13H16ClF2N/c14-10-5-4-9(11(15)8-10)7-12(16)13-3-1-2-6-17-13/h4-5,8,12-13,17H,1-3,6-7H2. The van der Waals surface area contributed by atoms with Crippen LogP contribution in [0, 0.1) is 5.82 Å². The molecular formula is C13H16ClF2N. The fourth-order valence-corrected chi connectivity index (χ4v) is 2.39. The van der Waals surface area contributed by atoms with E-state index in [1.165, 1.54) is 6.07 Å². The summed E-state index contributed by atoms with van der Waals surface area (Å²) in [7, 11) is 0. The Balaban J connectivity index is 1.99. The monoisotopic (exact) mass is 259 g/mol. The number of halogens is 3. The zero-order valence-corrected chi connectivity index (χ0v) is 10.3. The van der Waals surface area contributed by atoms with Gasteiger partial charge in [0.25, 0.3) is 0 Å². The van der Waals surface area contributed by atoms with Gasteiger partial charge in [0.05, 0.1) is 0 Å². The van der Waals surface area contributed by atoms with Crippen molar-refractivity contribution >= 4 is 11.6 Å². The van der Waals surface area contributed by atoms with Gasteiger partial charge in [0, 0.05) is 17.5 Å². The van der Waals surface area contributed by atoms with Crippen molar-refractivity contribution < 1.29 is 8.78 Å². The minimum atomic E-state index is -1.04. The van der Waals surface area contributed by atoms with Crippen molar-refractivity contribution in [2.45, 2.75) is 37.9 Å². The third-order valence-electron chi connectivity index (χ3n) is 3.22. The van der Waals surface area contributed by atoms with Crippen LogP contribution in [0.3, 0.4) is 0 Å². The van der Waals surface area contributed by atoms with Crippen molar-refractivity contribution in [2.75, 3.05) is 6.54 Å². The second kappa shape index (κ2) is 5.78. The molecule has 0 spiro atoms. The lowest BCUT2D eigenvalue weighted by Gasteiger charge is -2.26. The van der Waals surface area contributed by atoms with Crippen LogP contribution >= 0.6 is 11.6 Å². The van der Waals surface area contributed by atoms with E-state index in [2.05, 4.69) is 5.32 Å². The van der Waals surface area contributed by atoms with Gasteiger partial charge in [-0.15, -0.1) is 0 Å². The summed E-state index contributed by atoms with van der Waals surface area (Å²) in [6, 6.07) is 4.25. The Morgan fingerprint density at radius 1 is 1.41 bits per heavy atom. The molecule has 0 amide bonds. The van der Waals surface area contributed by atoms with Gasteiger partial charge in [0.2, 0.25) is 0 Å². The summed E-state index contributed by atoms with van der Waals surface area (Å²) in [5.74, 6) is -0.420. The summed E-state index contributed by atoms with van der Waals surface area (Å²) < 4.78 is 27.5. The molecule has 1 N–H and O–H groups in total. The van der Waals surface area contributed by atoms with Gasteiger partial charge in [-0.25, -0.2) is 8.78 Å². The zero-order chi connectivity index (χ0) is 12.3. The van der Waals surface area contributed by atoms with Gasteiger partial charge in [-0.1, -0.05) is 24.1 Å². The van der Waals surface area contributed by atoms with Gasteiger partial charge in [-0.2, -0.15) is 0 Å². The molecule has 0 aromatic heterocycles. The summed E-state index contributed by atoms with van der Waals surface area (Å²) in [6.07, 6.45) is 2.04. The first-order valence-electron chi connectivity index (χ1n) is 5.98. The highest BCUT2D eigenvalue weighted by molar-refractivity contribution is 6.30. The maximum atomic E-state index is 14.0. The molecule has 94 valence electrons. The predicted octanol–water partition coefficient (Wildman–Crippen LogP) is 3.50. The summed E-state index contributed by atoms with van der Waals surface area (Å²) in [5.41, 5.74) is 0.397. The summed E-state index contributed by atoms with van der Waals surface area (Å²) in [4.78, 5) is 0. The number of benzene rings is 1. The van der Waals surface area contributed by atoms with Gasteiger partial charge in [0.15, 0.2) is 0 Å². The van der Waals surface area contributed by atoms with E-state index in [-0.39, 0.29) is 12.5 Å². The summed E-state index contributed by atoms with van der Waals surface area (Å²) >= 11 is 5.66. The lowest BCUT2D eigenvalue weighted by Crippen LogP contribution is -2.42. The van der Waals surface area contributed by atoms with E-state index in [1.54, 1.807) is 12.1 Å². The molecule has 1 aliphatic rings. The van der Waals surface area contributed by atoms with E-state index < -0.39 is 12.0 Å². The fourth-order valence-electron chi connectivity index (χ4n) is 2.23. The second-order valence-corrected chi connectivity index (χ2v) is 4.95. The van der Waals surface area contributed by atoms with Crippen LogP contribution < -0.4 is 5.32 Å². The van der Waals surface area contributed by atoms with Crippen LogP contribution in [0.4, 0.5) is 8.78 Å². The lowest BCUT2D eigenvalue weighted by atomic mass is 9.96. The molecule has 1 aliphatic heterocycles. The first kappa shape index (κ1) is 12.8. The molecule has 1 aromatic carbocycles. The lowest BCUT2D eigenvalue weighted by molar-refractivity contribution is 0.215. The minimum absolute atomic E-state index is 0.112. The average Bonchev–Trinajstić information content (AvgIpc) is 2.34. The van der Waals surface area contributed by atoms with Crippen molar-refractivity contribution in [3.63, 3.8) is 0 Å². The van der Waals surface area contributed by atoms with Crippen molar-refractivity contribution in [1.29, 1.82) is 0 Å². The SMILES string of the molecule is Fc1cc(Cl)ccc1CC(F)C1CCCCN1. The van der Waals surface area contributed by atoms with E-state index in [0.717, 1.165) is 25.8 Å². The Bertz CT molecular complexity index is 378. The van der Waals surface area contributed by atoms with Crippen molar-refractivity contribution in [3.8, 4) is 0 Å². The van der Waals surface area contributed by atoms with Crippen LogP contribution in [0.15, 0.2) is 18.2 Å². The third kappa shape index (κ3) is 3.39. The average molecular weight is 260 g/mol. The molecule has 0 bridgehead atoms. The van der Waals surface area contributed by atoms with Gasteiger partial charge >= 0.3 is 0 Å². The summed E-state index contributed by atoms with van der Waals surface area (Å²) in [5, 5.41) is 3.49. The molecule has 0 radical (unpaired) electrons. The Labute approximate surface area is 105 Å². The molecule has 1 saturated heterocycles. The largest absolute Gasteiger partial charge is 0.311 e. The van der Waals surface area contributed by atoms with Crippen LogP contribution in [0.5, 0.6) is 0 Å². The number of rotatable bonds is 3. The topological polar surface area (TPSA) is 12.0 Å². The molecule has 2 atom stereocenters. The first-order chi connectivity index (χ1) is 8.16. The first-order valence-corrected chi connectivity index (χ1v) is 6.36. The highest BCUT2D eigenvalue weighted by atomic mass is 35.5. The van der Waals surface area contributed by atoms with Gasteiger partial charge in [0.1, 0.15) is 12.0 Å². The molecule has 1 fully saturated rings. The summed E-state index contributed by atoms with van der Waals surface area (Å²) in [6.45, 7) is 0.855. The number of piperidine rings is 1. The zero-order valence-electron chi connectivity index (χ0n) is 9.56. The highest BCUT2D eigenvalue weighted by Crippen LogP contribution is 2.20. The molecule has 0 saturated carbocycles. The quantitative estimate of drug-likeness (QED) is 0.876. The number of hydrogen-bond donors (Lipinski definition) is 1. The van der Waals surface area contributed by atoms with Gasteiger partial charge in [-0.3, -0.25) is 0 Å². The molecule has 17 heavy (non-hydrogen) atoms. The van der Waals surface area contributed by atoms with Crippen molar-refractivity contribution in [1.82, 2.24) is 5.32 Å². The highest BCUT2D eigenvalue weighted by Gasteiger charge is 2.23. The van der Waals surface area contributed by atoms with Crippen LogP contribution in [0.2, 0.25) is 5.02 Å². The Hall–Kier alpha value is -0.670.